The van der Waals surface area contributed by atoms with Gasteiger partial charge in [0.2, 0.25) is 5.91 Å². The highest BCUT2D eigenvalue weighted by molar-refractivity contribution is 9.10. The van der Waals surface area contributed by atoms with E-state index in [9.17, 15) is 15.0 Å². The molecule has 0 bridgehead atoms. The third-order valence-corrected chi connectivity index (χ3v) is 8.63. The van der Waals surface area contributed by atoms with Crippen molar-refractivity contribution in [1.82, 2.24) is 30.2 Å². The number of nitrogen functional groups attached to an aromatic ring is 1. The van der Waals surface area contributed by atoms with Crippen LogP contribution in [-0.4, -0.2) is 62.0 Å². The second kappa shape index (κ2) is 10.5. The fraction of sp³-hybridized carbons (Fsp3) is 0.429. The molecule has 3 aromatic heterocycles. The minimum Gasteiger partial charge on any atom is -0.395 e. The van der Waals surface area contributed by atoms with Gasteiger partial charge in [0.15, 0.2) is 5.65 Å². The first-order chi connectivity index (χ1) is 18.6. The number of aromatic nitrogens is 4. The maximum Gasteiger partial charge on any atom is 0.230 e. The van der Waals surface area contributed by atoms with Crippen molar-refractivity contribution in [3.63, 3.8) is 0 Å². The number of nitrogens with one attached hydrogen (secondary N) is 2. The van der Waals surface area contributed by atoms with Crippen LogP contribution < -0.4 is 16.4 Å². The van der Waals surface area contributed by atoms with Crippen LogP contribution in [0.4, 0.5) is 5.82 Å². The van der Waals surface area contributed by atoms with Crippen LogP contribution >= 0.6 is 15.9 Å². The average Bonchev–Trinajstić information content (AvgIpc) is 3.59. The van der Waals surface area contributed by atoms with E-state index in [1.165, 1.54) is 5.56 Å². The molecule has 6 N–H and O–H groups in total. The van der Waals surface area contributed by atoms with E-state index in [-0.39, 0.29) is 17.4 Å². The molecule has 1 aliphatic carbocycles. The summed E-state index contributed by atoms with van der Waals surface area (Å²) in [6, 6.07) is 8.13. The van der Waals surface area contributed by atoms with E-state index in [2.05, 4.69) is 55.7 Å². The summed E-state index contributed by atoms with van der Waals surface area (Å²) in [5.74, 6) is 0.112. The average molecular weight is 597 g/mol. The first kappa shape index (κ1) is 27.4. The summed E-state index contributed by atoms with van der Waals surface area (Å²) < 4.78 is 2.31. The summed E-state index contributed by atoms with van der Waals surface area (Å²) in [6.45, 7) is 5.96. The van der Waals surface area contributed by atoms with Crippen LogP contribution in [0.25, 0.3) is 27.7 Å². The van der Waals surface area contributed by atoms with Crippen LogP contribution in [0.15, 0.2) is 41.1 Å². The van der Waals surface area contributed by atoms with Crippen molar-refractivity contribution in [2.24, 2.45) is 10.8 Å². The second-order valence-corrected chi connectivity index (χ2v) is 11.9. The molecule has 0 radical (unpaired) electrons. The van der Waals surface area contributed by atoms with Gasteiger partial charge in [-0.1, -0.05) is 11.6 Å². The Hall–Kier alpha value is -3.12. The van der Waals surface area contributed by atoms with Crippen molar-refractivity contribution in [3.8, 4) is 11.1 Å². The number of amides is 1. The number of aryl methyl sites for hydroxylation is 1. The van der Waals surface area contributed by atoms with Crippen molar-refractivity contribution < 1.29 is 15.0 Å². The fourth-order valence-electron chi connectivity index (χ4n) is 4.64. The third-order valence-electron chi connectivity index (χ3n) is 7.82. The molecule has 11 heteroatoms. The topological polar surface area (TPSA) is 151 Å². The number of halogens is 1. The Kier molecular flexibility index (Phi) is 7.36. The highest BCUT2D eigenvalue weighted by Gasteiger charge is 2.44. The summed E-state index contributed by atoms with van der Waals surface area (Å²) in [4.78, 5) is 22.1. The number of aliphatic hydroxyl groups is 2. The zero-order chi connectivity index (χ0) is 27.9. The molecule has 5 rings (SSSR count). The van der Waals surface area contributed by atoms with E-state index >= 15 is 0 Å². The van der Waals surface area contributed by atoms with Crippen molar-refractivity contribution in [2.75, 3.05) is 32.0 Å². The molecule has 3 heterocycles. The van der Waals surface area contributed by atoms with Crippen molar-refractivity contribution in [2.45, 2.75) is 39.7 Å². The molecule has 1 saturated carbocycles. The van der Waals surface area contributed by atoms with Gasteiger partial charge < -0.3 is 26.6 Å². The first-order valence-corrected chi connectivity index (χ1v) is 13.8. The maximum atomic E-state index is 12.5. The minimum absolute atomic E-state index is 0.0749. The number of aliphatic hydroxyl groups excluding tert-OH is 2. The Labute approximate surface area is 235 Å². The Morgan fingerprint density at radius 2 is 1.97 bits per heavy atom. The van der Waals surface area contributed by atoms with Crippen molar-refractivity contribution in [3.05, 3.63) is 52.4 Å². The predicted octanol–water partition coefficient (Wildman–Crippen LogP) is 3.14. The number of anilines is 1. The molecule has 39 heavy (non-hydrogen) atoms. The van der Waals surface area contributed by atoms with Crippen LogP contribution in [0.5, 0.6) is 0 Å². The summed E-state index contributed by atoms with van der Waals surface area (Å²) in [5.41, 5.74) is 10.5. The largest absolute Gasteiger partial charge is 0.395 e. The third kappa shape index (κ3) is 5.23. The molecule has 1 fully saturated rings. The van der Waals surface area contributed by atoms with Crippen LogP contribution in [0.3, 0.4) is 0 Å². The maximum absolute atomic E-state index is 12.5. The van der Waals surface area contributed by atoms with Gasteiger partial charge in [0.25, 0.3) is 0 Å². The molecule has 206 valence electrons. The number of pyridine rings is 1. The van der Waals surface area contributed by atoms with E-state index in [0.29, 0.717) is 29.0 Å². The molecule has 0 aliphatic heterocycles. The van der Waals surface area contributed by atoms with Gasteiger partial charge in [-0.3, -0.25) is 9.78 Å². The standard InChI is InChI=1S/C28H34BrN7O3/c1-16-4-5-21-18(8-16)9-19(10-31-21)20-11-34-36-24(30)22(29)23(35-25(20)36)17(2)32-12-28(6-7-28)13-33-26(39)27(3,14-37)15-38/h4-5,8-11,17,32,37-38H,6-7,12-15,30H2,1-3H3,(H,33,39). The summed E-state index contributed by atoms with van der Waals surface area (Å²) in [6.07, 6.45) is 5.54. The van der Waals surface area contributed by atoms with Crippen molar-refractivity contribution in [1.29, 1.82) is 0 Å². The van der Waals surface area contributed by atoms with E-state index < -0.39 is 18.6 Å². The number of nitrogens with two attached hydrogens (primary N) is 1. The van der Waals surface area contributed by atoms with E-state index in [0.717, 1.165) is 40.6 Å². The minimum atomic E-state index is -1.19. The molecule has 1 atom stereocenters. The van der Waals surface area contributed by atoms with Gasteiger partial charge in [-0.05, 0) is 67.7 Å². The quantitative estimate of drug-likeness (QED) is 0.187. The van der Waals surface area contributed by atoms with Crippen LogP contribution in [0, 0.1) is 17.8 Å². The zero-order valence-corrected chi connectivity index (χ0v) is 23.9. The van der Waals surface area contributed by atoms with Gasteiger partial charge in [0.05, 0.1) is 40.5 Å². The van der Waals surface area contributed by atoms with Gasteiger partial charge in [-0.2, -0.15) is 9.61 Å². The molecule has 4 aromatic rings. The predicted molar refractivity (Wildman–Crippen MR) is 154 cm³/mol. The molecular weight excluding hydrogens is 562 g/mol. The number of nitrogens with zero attached hydrogens (tertiary/aromatic N) is 4. The lowest BCUT2D eigenvalue weighted by molar-refractivity contribution is -0.135. The van der Waals surface area contributed by atoms with Gasteiger partial charge in [0, 0.05) is 47.3 Å². The van der Waals surface area contributed by atoms with Gasteiger partial charge in [-0.25, -0.2) is 4.98 Å². The first-order valence-electron chi connectivity index (χ1n) is 13.0. The summed E-state index contributed by atoms with van der Waals surface area (Å²) in [7, 11) is 0. The van der Waals surface area contributed by atoms with Gasteiger partial charge in [0.1, 0.15) is 5.82 Å². The Bertz CT molecular complexity index is 1550. The number of hydrogen-bond acceptors (Lipinski definition) is 8. The number of fused-ring (bicyclic) bond motifs is 2. The Morgan fingerprint density at radius 1 is 1.23 bits per heavy atom. The van der Waals surface area contributed by atoms with Gasteiger partial charge in [-0.15, -0.1) is 0 Å². The lowest BCUT2D eigenvalue weighted by Crippen LogP contribution is -2.47. The Morgan fingerprint density at radius 3 is 2.67 bits per heavy atom. The molecule has 10 nitrogen and oxygen atoms in total. The van der Waals surface area contributed by atoms with Crippen LogP contribution in [0.1, 0.15) is 44.0 Å². The van der Waals surface area contributed by atoms with Gasteiger partial charge >= 0.3 is 0 Å². The molecule has 1 unspecified atom stereocenters. The molecule has 0 saturated heterocycles. The molecule has 0 spiro atoms. The zero-order valence-electron chi connectivity index (χ0n) is 22.3. The molecular formula is C28H34BrN7O3. The lowest BCUT2D eigenvalue weighted by atomic mass is 9.91. The Balaban J connectivity index is 1.36. The number of carbonyl (C=O) groups is 1. The summed E-state index contributed by atoms with van der Waals surface area (Å²) >= 11 is 3.63. The highest BCUT2D eigenvalue weighted by Crippen LogP contribution is 2.45. The van der Waals surface area contributed by atoms with E-state index in [1.807, 2.05) is 25.3 Å². The number of rotatable bonds is 10. The van der Waals surface area contributed by atoms with Crippen molar-refractivity contribution >= 4 is 44.2 Å². The molecule has 1 aliphatic rings. The number of carbonyl (C=O) groups excluding carboxylic acids is 1. The van der Waals surface area contributed by atoms with E-state index in [4.69, 9.17) is 10.7 Å². The SMILES string of the molecule is Cc1ccc2ncc(-c3cnn4c(N)c(Br)c(C(C)NCC5(CNC(=O)C(C)(CO)CO)CC5)nc34)cc2c1. The summed E-state index contributed by atoms with van der Waals surface area (Å²) in [5, 5.41) is 31.0. The van der Waals surface area contributed by atoms with Crippen LogP contribution in [-0.2, 0) is 4.79 Å². The monoisotopic (exact) mass is 595 g/mol. The van der Waals surface area contributed by atoms with Crippen LogP contribution in [0.2, 0.25) is 0 Å². The fourth-order valence-corrected chi connectivity index (χ4v) is 5.24. The van der Waals surface area contributed by atoms with E-state index in [1.54, 1.807) is 17.6 Å². The second-order valence-electron chi connectivity index (χ2n) is 11.1. The normalized spacial score (nSPS) is 15.5. The molecule has 1 aromatic carbocycles. The molecule has 1 amide bonds. The number of hydrogen-bond donors (Lipinski definition) is 5. The highest BCUT2D eigenvalue weighted by atomic mass is 79.9. The lowest BCUT2D eigenvalue weighted by Gasteiger charge is -2.26. The smallest absolute Gasteiger partial charge is 0.230 e. The number of benzene rings is 1.